The Morgan fingerprint density at radius 3 is 2.54 bits per heavy atom. The molecule has 1 aromatic heterocycles. The van der Waals surface area contributed by atoms with E-state index in [-0.39, 0.29) is 5.69 Å². The Hall–Kier alpha value is -3.67. The summed E-state index contributed by atoms with van der Waals surface area (Å²) in [6.45, 7) is 0.491. The van der Waals surface area contributed by atoms with Gasteiger partial charge >= 0.3 is 5.69 Å². The third-order valence-corrected chi connectivity index (χ3v) is 4.07. The molecule has 0 amide bonds. The predicted octanol–water partition coefficient (Wildman–Crippen LogP) is 3.76. The molecule has 0 fully saturated rings. The number of hydrogen-bond donors (Lipinski definition) is 4. The number of nitrogens with two attached hydrogens (primary N) is 1. The number of nitrogens with one attached hydrogen (secondary N) is 3. The Kier molecular flexibility index (Phi) is 4.07. The van der Waals surface area contributed by atoms with Crippen molar-refractivity contribution in [1.29, 1.82) is 0 Å². The van der Waals surface area contributed by atoms with Crippen LogP contribution in [0.15, 0.2) is 71.5 Å². The van der Waals surface area contributed by atoms with Crippen molar-refractivity contribution in [3.63, 3.8) is 0 Å². The van der Waals surface area contributed by atoms with Crippen LogP contribution >= 0.6 is 0 Å². The molecule has 6 heteroatoms. The zero-order valence-corrected chi connectivity index (χ0v) is 14.0. The molecule has 0 spiro atoms. The number of anilines is 3. The summed E-state index contributed by atoms with van der Waals surface area (Å²) in [7, 11) is 0. The summed E-state index contributed by atoms with van der Waals surface area (Å²) in [6.07, 6.45) is 0. The van der Waals surface area contributed by atoms with Gasteiger partial charge in [-0.3, -0.25) is 0 Å². The summed E-state index contributed by atoms with van der Waals surface area (Å²) < 4.78 is 5.79. The molecule has 0 atom stereocenters. The molecule has 3 aromatic carbocycles. The van der Waals surface area contributed by atoms with E-state index in [1.165, 1.54) is 0 Å². The minimum Gasteiger partial charge on any atom is -0.489 e. The molecule has 0 aliphatic heterocycles. The van der Waals surface area contributed by atoms with E-state index in [1.54, 1.807) is 6.07 Å². The smallest absolute Gasteiger partial charge is 0.323 e. The number of H-pyrrole nitrogens is 2. The van der Waals surface area contributed by atoms with Crippen molar-refractivity contribution in [1.82, 2.24) is 9.97 Å². The van der Waals surface area contributed by atoms with E-state index in [2.05, 4.69) is 15.3 Å². The fraction of sp³-hybridized carbons (Fsp3) is 0.0500. The highest BCUT2D eigenvalue weighted by atomic mass is 16.5. The lowest BCUT2D eigenvalue weighted by atomic mass is 10.2. The van der Waals surface area contributed by atoms with Gasteiger partial charge in [0.15, 0.2) is 0 Å². The molecule has 4 rings (SSSR count). The van der Waals surface area contributed by atoms with Gasteiger partial charge in [-0.05, 0) is 35.9 Å². The van der Waals surface area contributed by atoms with Crippen LogP contribution in [0.4, 0.5) is 17.1 Å². The zero-order chi connectivity index (χ0) is 17.9. The minimum atomic E-state index is -0.225. The van der Waals surface area contributed by atoms with Crippen LogP contribution in [0.1, 0.15) is 5.56 Å². The molecule has 0 aliphatic carbocycles. The summed E-state index contributed by atoms with van der Waals surface area (Å²) in [6, 6.07) is 21.1. The van der Waals surface area contributed by atoms with E-state index in [0.717, 1.165) is 28.0 Å². The first kappa shape index (κ1) is 15.8. The molecule has 0 saturated heterocycles. The quantitative estimate of drug-likeness (QED) is 0.414. The fourth-order valence-electron chi connectivity index (χ4n) is 2.75. The molecule has 4 aromatic rings. The summed E-state index contributed by atoms with van der Waals surface area (Å²) in [5.74, 6) is 0.710. The second kappa shape index (κ2) is 6.68. The average molecular weight is 346 g/mol. The highest BCUT2D eigenvalue weighted by Crippen LogP contribution is 2.28. The number of rotatable bonds is 5. The van der Waals surface area contributed by atoms with Gasteiger partial charge in [-0.1, -0.05) is 30.3 Å². The van der Waals surface area contributed by atoms with Gasteiger partial charge in [-0.15, -0.1) is 0 Å². The Labute approximate surface area is 149 Å². The number of nitrogen functional groups attached to an aromatic ring is 1. The summed E-state index contributed by atoms with van der Waals surface area (Å²) >= 11 is 0. The van der Waals surface area contributed by atoms with E-state index in [9.17, 15) is 4.79 Å². The third-order valence-electron chi connectivity index (χ3n) is 4.07. The lowest BCUT2D eigenvalue weighted by molar-refractivity contribution is 0.306. The topological polar surface area (TPSA) is 95.9 Å². The molecular formula is C20H18N4O2. The highest BCUT2D eigenvalue weighted by Gasteiger charge is 2.05. The molecule has 5 N–H and O–H groups in total. The van der Waals surface area contributed by atoms with Crippen LogP contribution < -0.4 is 21.5 Å². The van der Waals surface area contributed by atoms with E-state index in [1.807, 2.05) is 60.7 Å². The Morgan fingerprint density at radius 1 is 0.923 bits per heavy atom. The summed E-state index contributed by atoms with van der Waals surface area (Å²) in [4.78, 5) is 16.8. The van der Waals surface area contributed by atoms with Crippen molar-refractivity contribution < 1.29 is 4.74 Å². The van der Waals surface area contributed by atoms with Crippen LogP contribution in [0, 0.1) is 0 Å². The maximum absolute atomic E-state index is 11.3. The second-order valence-corrected chi connectivity index (χ2v) is 5.99. The van der Waals surface area contributed by atoms with Crippen LogP contribution in [0.2, 0.25) is 0 Å². The number of hydrogen-bond acceptors (Lipinski definition) is 4. The number of benzene rings is 3. The van der Waals surface area contributed by atoms with Gasteiger partial charge in [0.2, 0.25) is 0 Å². The SMILES string of the molecule is Nc1cc(OCc2ccccc2)ccc1Nc1ccc2[nH]c(=O)[nH]c2c1. The molecule has 0 radical (unpaired) electrons. The first-order valence-electron chi connectivity index (χ1n) is 8.23. The maximum Gasteiger partial charge on any atom is 0.323 e. The van der Waals surface area contributed by atoms with Gasteiger partial charge in [-0.25, -0.2) is 4.79 Å². The monoisotopic (exact) mass is 346 g/mol. The van der Waals surface area contributed by atoms with Crippen LogP contribution in [0.25, 0.3) is 11.0 Å². The molecule has 0 unspecified atom stereocenters. The van der Waals surface area contributed by atoms with Gasteiger partial charge in [0.05, 0.1) is 22.4 Å². The number of imidazole rings is 1. The minimum absolute atomic E-state index is 0.225. The molecular weight excluding hydrogens is 328 g/mol. The number of aromatic amines is 2. The molecule has 26 heavy (non-hydrogen) atoms. The molecule has 0 saturated carbocycles. The third kappa shape index (κ3) is 3.39. The predicted molar refractivity (Wildman–Crippen MR) is 104 cm³/mol. The van der Waals surface area contributed by atoms with Crippen molar-refractivity contribution in [2.24, 2.45) is 0 Å². The van der Waals surface area contributed by atoms with E-state index in [4.69, 9.17) is 10.5 Å². The van der Waals surface area contributed by atoms with E-state index < -0.39 is 0 Å². The molecule has 0 bridgehead atoms. The number of ether oxygens (including phenoxy) is 1. The molecule has 6 nitrogen and oxygen atoms in total. The van der Waals surface area contributed by atoms with Crippen LogP contribution in [-0.4, -0.2) is 9.97 Å². The average Bonchev–Trinajstić information content (AvgIpc) is 3.02. The second-order valence-electron chi connectivity index (χ2n) is 5.99. The standard InChI is InChI=1S/C20H18N4O2/c21-16-11-15(26-12-13-4-2-1-3-5-13)7-9-17(16)22-14-6-8-18-19(10-14)24-20(25)23-18/h1-11,22H,12,21H2,(H2,23,24,25). The van der Waals surface area contributed by atoms with Crippen LogP contribution in [0.5, 0.6) is 5.75 Å². The first-order valence-corrected chi connectivity index (χ1v) is 8.23. The lowest BCUT2D eigenvalue weighted by Gasteiger charge is -2.12. The zero-order valence-electron chi connectivity index (χ0n) is 14.0. The Bertz CT molecular complexity index is 1100. The largest absolute Gasteiger partial charge is 0.489 e. The van der Waals surface area contributed by atoms with Crippen molar-refractivity contribution in [3.05, 3.63) is 82.8 Å². The first-order chi connectivity index (χ1) is 12.7. The van der Waals surface area contributed by atoms with Gasteiger partial charge in [-0.2, -0.15) is 0 Å². The van der Waals surface area contributed by atoms with Gasteiger partial charge in [0.1, 0.15) is 12.4 Å². The number of fused-ring (bicyclic) bond motifs is 1. The van der Waals surface area contributed by atoms with E-state index >= 15 is 0 Å². The van der Waals surface area contributed by atoms with Crippen LogP contribution in [-0.2, 0) is 6.61 Å². The van der Waals surface area contributed by atoms with Crippen molar-refractivity contribution >= 4 is 28.1 Å². The number of aromatic nitrogens is 2. The lowest BCUT2D eigenvalue weighted by Crippen LogP contribution is -1.99. The highest BCUT2D eigenvalue weighted by molar-refractivity contribution is 5.82. The molecule has 1 heterocycles. The van der Waals surface area contributed by atoms with Crippen molar-refractivity contribution in [3.8, 4) is 5.75 Å². The molecule has 0 aliphatic rings. The van der Waals surface area contributed by atoms with Crippen molar-refractivity contribution in [2.45, 2.75) is 6.61 Å². The summed E-state index contributed by atoms with van der Waals surface area (Å²) in [5, 5.41) is 3.26. The van der Waals surface area contributed by atoms with Crippen molar-refractivity contribution in [2.75, 3.05) is 11.1 Å². The van der Waals surface area contributed by atoms with Gasteiger partial charge in [0.25, 0.3) is 0 Å². The summed E-state index contributed by atoms with van der Waals surface area (Å²) in [5.41, 5.74) is 10.7. The fourth-order valence-corrected chi connectivity index (χ4v) is 2.75. The Balaban J connectivity index is 1.49. The van der Waals surface area contributed by atoms with Gasteiger partial charge in [0, 0.05) is 11.8 Å². The molecule has 130 valence electrons. The van der Waals surface area contributed by atoms with Gasteiger partial charge < -0.3 is 25.8 Å². The maximum atomic E-state index is 11.3. The Morgan fingerprint density at radius 2 is 1.73 bits per heavy atom. The van der Waals surface area contributed by atoms with Crippen LogP contribution in [0.3, 0.4) is 0 Å². The van der Waals surface area contributed by atoms with E-state index in [0.29, 0.717) is 18.0 Å². The normalized spacial score (nSPS) is 10.8.